The maximum Gasteiger partial charge on any atom is 0.306 e. The maximum atomic E-state index is 12.2. The number of esters is 2. The molecule has 0 bridgehead atoms. The zero-order valence-electron chi connectivity index (χ0n) is 37.6. The molecule has 0 rings (SSSR count). The molecule has 5 heteroatoms. The number of carbonyl (C=O) groups is 2. The van der Waals surface area contributed by atoms with Crippen LogP contribution in [-0.2, 0) is 19.1 Å². The van der Waals surface area contributed by atoms with Crippen LogP contribution in [0.3, 0.4) is 0 Å². The van der Waals surface area contributed by atoms with E-state index in [0.29, 0.717) is 12.8 Å². The summed E-state index contributed by atoms with van der Waals surface area (Å²) in [7, 11) is 0. The number of aliphatic hydroxyl groups excluding tert-OH is 1. The van der Waals surface area contributed by atoms with E-state index in [1.165, 1.54) is 141 Å². The molecule has 57 heavy (non-hydrogen) atoms. The molecule has 0 aliphatic heterocycles. The van der Waals surface area contributed by atoms with Crippen LogP contribution in [0.4, 0.5) is 0 Å². The van der Waals surface area contributed by atoms with Crippen molar-refractivity contribution < 1.29 is 24.2 Å². The quantitative estimate of drug-likeness (QED) is 0.0378. The predicted octanol–water partition coefficient (Wildman–Crippen LogP) is 15.9. The SMILES string of the molecule is CC/C=C\C/C=C\C/C=C\C/C=C\C/C=C\CCCCCCCCCCCCCCCCCCCCCC(=O)OC(CO)COC(=O)CCCCCCCCCC. The lowest BCUT2D eigenvalue weighted by Crippen LogP contribution is -2.28. The van der Waals surface area contributed by atoms with Crippen molar-refractivity contribution in [1.82, 2.24) is 0 Å². The smallest absolute Gasteiger partial charge is 0.306 e. The molecule has 0 aromatic rings. The van der Waals surface area contributed by atoms with Gasteiger partial charge in [0.05, 0.1) is 6.61 Å². The Balaban J connectivity index is 3.41. The number of hydrogen-bond donors (Lipinski definition) is 1. The van der Waals surface area contributed by atoms with Gasteiger partial charge in [0.1, 0.15) is 6.61 Å². The first-order valence-corrected chi connectivity index (χ1v) is 24.3. The second kappa shape index (κ2) is 48.0. The van der Waals surface area contributed by atoms with Gasteiger partial charge in [0.15, 0.2) is 6.10 Å². The Kier molecular flexibility index (Phi) is 46.0. The molecule has 0 fully saturated rings. The van der Waals surface area contributed by atoms with Gasteiger partial charge in [-0.05, 0) is 57.8 Å². The van der Waals surface area contributed by atoms with Crippen LogP contribution in [0, 0.1) is 0 Å². The summed E-state index contributed by atoms with van der Waals surface area (Å²) in [4.78, 5) is 24.2. The van der Waals surface area contributed by atoms with Crippen LogP contribution < -0.4 is 0 Å². The summed E-state index contributed by atoms with van der Waals surface area (Å²) in [5.41, 5.74) is 0. The number of unbranched alkanes of at least 4 members (excludes halogenated alkanes) is 26. The molecule has 0 heterocycles. The van der Waals surface area contributed by atoms with Crippen molar-refractivity contribution in [2.75, 3.05) is 13.2 Å². The molecule has 0 saturated carbocycles. The van der Waals surface area contributed by atoms with Crippen molar-refractivity contribution in [2.45, 2.75) is 245 Å². The first kappa shape index (κ1) is 54.6. The zero-order chi connectivity index (χ0) is 41.4. The van der Waals surface area contributed by atoms with Crippen LogP contribution in [0.2, 0.25) is 0 Å². The van der Waals surface area contributed by atoms with Crippen molar-refractivity contribution in [1.29, 1.82) is 0 Å². The molecule has 330 valence electrons. The van der Waals surface area contributed by atoms with Gasteiger partial charge in [-0.25, -0.2) is 0 Å². The highest BCUT2D eigenvalue weighted by Gasteiger charge is 2.16. The Morgan fingerprint density at radius 2 is 0.754 bits per heavy atom. The Morgan fingerprint density at radius 1 is 0.421 bits per heavy atom. The molecule has 0 aliphatic rings. The third-order valence-corrected chi connectivity index (χ3v) is 10.6. The van der Waals surface area contributed by atoms with Crippen molar-refractivity contribution in [3.8, 4) is 0 Å². The average molecular weight is 797 g/mol. The van der Waals surface area contributed by atoms with Gasteiger partial charge in [0, 0.05) is 12.8 Å². The molecule has 0 aliphatic carbocycles. The molecule has 0 saturated heterocycles. The maximum absolute atomic E-state index is 12.2. The monoisotopic (exact) mass is 797 g/mol. The third-order valence-electron chi connectivity index (χ3n) is 10.6. The molecule has 0 amide bonds. The van der Waals surface area contributed by atoms with Gasteiger partial charge in [-0.3, -0.25) is 9.59 Å². The molecule has 1 N–H and O–H groups in total. The number of carbonyl (C=O) groups excluding carboxylic acids is 2. The normalized spacial score (nSPS) is 12.7. The summed E-state index contributed by atoms with van der Waals surface area (Å²) in [6.45, 7) is 4.00. The topological polar surface area (TPSA) is 72.8 Å². The second-order valence-electron chi connectivity index (χ2n) is 16.2. The van der Waals surface area contributed by atoms with Crippen LogP contribution in [0.1, 0.15) is 239 Å². The summed E-state index contributed by atoms with van der Waals surface area (Å²) < 4.78 is 10.6. The van der Waals surface area contributed by atoms with Crippen molar-refractivity contribution in [3.63, 3.8) is 0 Å². The Morgan fingerprint density at radius 3 is 1.14 bits per heavy atom. The lowest BCUT2D eigenvalue weighted by Gasteiger charge is -2.15. The van der Waals surface area contributed by atoms with E-state index >= 15 is 0 Å². The summed E-state index contributed by atoms with van der Waals surface area (Å²) in [6.07, 6.45) is 63.4. The fourth-order valence-electron chi connectivity index (χ4n) is 6.94. The fraction of sp³-hybridized carbons (Fsp3) is 0.769. The fourth-order valence-corrected chi connectivity index (χ4v) is 6.94. The second-order valence-corrected chi connectivity index (χ2v) is 16.2. The molecule has 0 radical (unpaired) electrons. The summed E-state index contributed by atoms with van der Waals surface area (Å²) in [6, 6.07) is 0. The van der Waals surface area contributed by atoms with Gasteiger partial charge in [0.2, 0.25) is 0 Å². The standard InChI is InChI=1S/C52H92O5/c1-3-5-7-9-11-13-14-15-16-17-18-19-20-21-22-23-24-25-26-27-28-29-30-31-32-33-34-35-36-37-38-39-41-43-45-47-52(55)57-50(48-53)49-56-51(54)46-44-42-40-12-10-8-6-4-2/h5,7,11,13,15-16,18-19,21-22,50,53H,3-4,6,8-10,12,14,17,20,23-49H2,1-2H3/b7-5-,13-11-,16-15-,19-18-,22-21-. The van der Waals surface area contributed by atoms with Crippen LogP contribution in [-0.4, -0.2) is 36.4 Å². The molecule has 0 aromatic heterocycles. The lowest BCUT2D eigenvalue weighted by atomic mass is 10.0. The minimum absolute atomic E-state index is 0.0627. The Hall–Kier alpha value is -2.40. The molecular weight excluding hydrogens is 705 g/mol. The minimum atomic E-state index is -0.766. The largest absolute Gasteiger partial charge is 0.462 e. The van der Waals surface area contributed by atoms with E-state index in [-0.39, 0.29) is 25.2 Å². The number of rotatable bonds is 44. The zero-order valence-corrected chi connectivity index (χ0v) is 37.6. The molecule has 0 aromatic carbocycles. The van der Waals surface area contributed by atoms with E-state index in [4.69, 9.17) is 9.47 Å². The molecule has 5 nitrogen and oxygen atoms in total. The van der Waals surface area contributed by atoms with Crippen LogP contribution >= 0.6 is 0 Å². The van der Waals surface area contributed by atoms with Crippen molar-refractivity contribution >= 4 is 11.9 Å². The molecular formula is C52H92O5. The molecule has 0 spiro atoms. The summed E-state index contributed by atoms with van der Waals surface area (Å²) in [5.74, 6) is -0.588. The van der Waals surface area contributed by atoms with E-state index in [2.05, 4.69) is 74.6 Å². The Labute approximate surface area is 353 Å². The van der Waals surface area contributed by atoms with Crippen molar-refractivity contribution in [3.05, 3.63) is 60.8 Å². The van der Waals surface area contributed by atoms with Crippen LogP contribution in [0.25, 0.3) is 0 Å². The van der Waals surface area contributed by atoms with E-state index in [1.807, 2.05) is 0 Å². The number of ether oxygens (including phenoxy) is 2. The lowest BCUT2D eigenvalue weighted by molar-refractivity contribution is -0.161. The third kappa shape index (κ3) is 46.2. The van der Waals surface area contributed by atoms with Gasteiger partial charge >= 0.3 is 11.9 Å². The van der Waals surface area contributed by atoms with E-state index < -0.39 is 6.10 Å². The van der Waals surface area contributed by atoms with Gasteiger partial charge in [-0.1, -0.05) is 229 Å². The summed E-state index contributed by atoms with van der Waals surface area (Å²) in [5, 5.41) is 9.55. The van der Waals surface area contributed by atoms with Gasteiger partial charge in [-0.2, -0.15) is 0 Å². The molecule has 1 unspecified atom stereocenters. The first-order valence-electron chi connectivity index (χ1n) is 24.3. The van der Waals surface area contributed by atoms with E-state index in [0.717, 1.165) is 70.6 Å². The van der Waals surface area contributed by atoms with Gasteiger partial charge < -0.3 is 14.6 Å². The van der Waals surface area contributed by atoms with Crippen molar-refractivity contribution in [2.24, 2.45) is 0 Å². The number of allylic oxidation sites excluding steroid dienone is 10. The minimum Gasteiger partial charge on any atom is -0.462 e. The van der Waals surface area contributed by atoms with E-state index in [9.17, 15) is 14.7 Å². The highest BCUT2D eigenvalue weighted by Crippen LogP contribution is 2.16. The van der Waals surface area contributed by atoms with Crippen LogP contribution in [0.15, 0.2) is 60.8 Å². The van der Waals surface area contributed by atoms with Gasteiger partial charge in [0.25, 0.3) is 0 Å². The van der Waals surface area contributed by atoms with E-state index in [1.54, 1.807) is 0 Å². The van der Waals surface area contributed by atoms with Crippen LogP contribution in [0.5, 0.6) is 0 Å². The Bertz CT molecular complexity index is 992. The molecule has 1 atom stereocenters. The average Bonchev–Trinajstić information content (AvgIpc) is 3.21. The highest BCUT2D eigenvalue weighted by atomic mass is 16.6. The van der Waals surface area contributed by atoms with Gasteiger partial charge in [-0.15, -0.1) is 0 Å². The number of hydrogen-bond acceptors (Lipinski definition) is 5. The first-order chi connectivity index (χ1) is 28.1. The predicted molar refractivity (Wildman–Crippen MR) is 247 cm³/mol. The summed E-state index contributed by atoms with van der Waals surface area (Å²) >= 11 is 0. The highest BCUT2D eigenvalue weighted by molar-refractivity contribution is 5.70. The number of aliphatic hydroxyl groups is 1.